The molecule has 0 aliphatic heterocycles. The molecule has 0 fully saturated rings. The topological polar surface area (TPSA) is 33.1 Å². The molecule has 1 aromatic heterocycles. The Hall–Kier alpha value is -1.32. The summed E-state index contributed by atoms with van der Waals surface area (Å²) in [5.41, 5.74) is 0.310. The van der Waals surface area contributed by atoms with Crippen LogP contribution in [0.3, 0.4) is 0 Å². The molecule has 0 saturated carbocycles. The van der Waals surface area contributed by atoms with E-state index in [0.29, 0.717) is 0 Å². The van der Waals surface area contributed by atoms with Crippen LogP contribution in [-0.4, -0.2) is 15.7 Å². The first-order valence-electron chi connectivity index (χ1n) is 5.92. The summed E-state index contributed by atoms with van der Waals surface area (Å²) in [6.07, 6.45) is 1.77. The van der Waals surface area contributed by atoms with Gasteiger partial charge in [0.05, 0.1) is 15.9 Å². The Morgan fingerprint density at radius 2 is 1.72 bits per heavy atom. The molecular formula is C15H17NOS. The summed E-state index contributed by atoms with van der Waals surface area (Å²) in [5.74, 6) is 0. The van der Waals surface area contributed by atoms with Crippen LogP contribution in [0.15, 0.2) is 59.8 Å². The van der Waals surface area contributed by atoms with Gasteiger partial charge < -0.3 is 5.11 Å². The number of pyridine rings is 1. The summed E-state index contributed by atoms with van der Waals surface area (Å²) in [6.45, 7) is 3.67. The monoisotopic (exact) mass is 259 g/mol. The van der Waals surface area contributed by atoms with Crippen LogP contribution in [0.25, 0.3) is 0 Å². The summed E-state index contributed by atoms with van der Waals surface area (Å²) >= 11 is 1.59. The maximum absolute atomic E-state index is 10.3. The van der Waals surface area contributed by atoms with E-state index in [0.717, 1.165) is 10.6 Å². The van der Waals surface area contributed by atoms with E-state index in [1.54, 1.807) is 18.0 Å². The van der Waals surface area contributed by atoms with Crippen molar-refractivity contribution in [3.63, 3.8) is 0 Å². The molecule has 2 aromatic rings. The summed E-state index contributed by atoms with van der Waals surface area (Å²) in [6, 6.07) is 15.9. The number of rotatable bonds is 4. The van der Waals surface area contributed by atoms with Crippen LogP contribution in [0.5, 0.6) is 0 Å². The van der Waals surface area contributed by atoms with E-state index in [4.69, 9.17) is 0 Å². The summed E-state index contributed by atoms with van der Waals surface area (Å²) in [5, 5.41) is 11.2. The van der Waals surface area contributed by atoms with Gasteiger partial charge in [0.1, 0.15) is 0 Å². The highest BCUT2D eigenvalue weighted by molar-refractivity contribution is 7.99. The van der Waals surface area contributed by atoms with Gasteiger partial charge in [0.2, 0.25) is 0 Å². The third kappa shape index (κ3) is 3.34. The standard InChI is InChI=1S/C15H17NOS/c1-15(2,17)14(12-8-4-3-5-9-12)18-13-10-6-7-11-16-13/h3-11,14,17H,1-2H3/t14-/m1/s1. The van der Waals surface area contributed by atoms with Gasteiger partial charge in [-0.25, -0.2) is 4.98 Å². The fraction of sp³-hybridized carbons (Fsp3) is 0.267. The molecule has 0 radical (unpaired) electrons. The molecule has 3 heteroatoms. The molecule has 0 spiro atoms. The van der Waals surface area contributed by atoms with Gasteiger partial charge in [-0.1, -0.05) is 48.2 Å². The van der Waals surface area contributed by atoms with Crippen molar-refractivity contribution in [2.24, 2.45) is 0 Å². The lowest BCUT2D eigenvalue weighted by molar-refractivity contribution is 0.0776. The minimum absolute atomic E-state index is 0.0337. The van der Waals surface area contributed by atoms with Gasteiger partial charge in [0.15, 0.2) is 0 Å². The number of benzene rings is 1. The minimum atomic E-state index is -0.802. The third-order valence-electron chi connectivity index (χ3n) is 2.62. The van der Waals surface area contributed by atoms with Crippen LogP contribution in [0.4, 0.5) is 0 Å². The molecule has 0 unspecified atom stereocenters. The van der Waals surface area contributed by atoms with E-state index in [9.17, 15) is 5.11 Å². The van der Waals surface area contributed by atoms with Crippen LogP contribution in [0.1, 0.15) is 24.7 Å². The molecule has 1 aromatic carbocycles. The molecule has 94 valence electrons. The average Bonchev–Trinajstić information content (AvgIpc) is 2.37. The zero-order chi connectivity index (χ0) is 13.0. The van der Waals surface area contributed by atoms with Crippen LogP contribution in [0.2, 0.25) is 0 Å². The normalized spacial score (nSPS) is 13.3. The molecule has 0 aliphatic carbocycles. The van der Waals surface area contributed by atoms with Gasteiger partial charge in [-0.05, 0) is 31.5 Å². The molecule has 0 saturated heterocycles. The van der Waals surface area contributed by atoms with E-state index in [1.165, 1.54) is 0 Å². The van der Waals surface area contributed by atoms with Crippen LogP contribution in [-0.2, 0) is 0 Å². The highest BCUT2D eigenvalue weighted by Gasteiger charge is 2.29. The first-order chi connectivity index (χ1) is 8.57. The molecule has 0 amide bonds. The Morgan fingerprint density at radius 1 is 1.06 bits per heavy atom. The van der Waals surface area contributed by atoms with Crippen molar-refractivity contribution in [2.45, 2.75) is 29.7 Å². The molecule has 1 atom stereocenters. The predicted molar refractivity (Wildman–Crippen MR) is 75.6 cm³/mol. The highest BCUT2D eigenvalue weighted by Crippen LogP contribution is 2.41. The fourth-order valence-corrected chi connectivity index (χ4v) is 2.89. The molecule has 1 heterocycles. The Bertz CT molecular complexity index is 479. The van der Waals surface area contributed by atoms with Crippen molar-refractivity contribution >= 4 is 11.8 Å². The van der Waals surface area contributed by atoms with Crippen molar-refractivity contribution in [3.05, 3.63) is 60.3 Å². The molecule has 2 rings (SSSR count). The SMILES string of the molecule is CC(C)(O)[C@H](Sc1ccccn1)c1ccccc1. The lowest BCUT2D eigenvalue weighted by Gasteiger charge is -2.28. The van der Waals surface area contributed by atoms with E-state index >= 15 is 0 Å². The van der Waals surface area contributed by atoms with Crippen molar-refractivity contribution < 1.29 is 5.11 Å². The number of aromatic nitrogens is 1. The molecule has 2 nitrogen and oxygen atoms in total. The van der Waals surface area contributed by atoms with Gasteiger partial charge in [0, 0.05) is 6.20 Å². The van der Waals surface area contributed by atoms with Crippen LogP contribution >= 0.6 is 11.8 Å². The second kappa shape index (κ2) is 5.55. The molecule has 1 N–H and O–H groups in total. The Morgan fingerprint density at radius 3 is 2.28 bits per heavy atom. The van der Waals surface area contributed by atoms with Crippen molar-refractivity contribution in [2.75, 3.05) is 0 Å². The van der Waals surface area contributed by atoms with Crippen LogP contribution < -0.4 is 0 Å². The fourth-order valence-electron chi connectivity index (χ4n) is 1.79. The second-order valence-corrected chi connectivity index (χ2v) is 5.86. The highest BCUT2D eigenvalue weighted by atomic mass is 32.2. The molecular weight excluding hydrogens is 242 g/mol. The first kappa shape index (κ1) is 13.1. The smallest absolute Gasteiger partial charge is 0.0966 e. The molecule has 18 heavy (non-hydrogen) atoms. The van der Waals surface area contributed by atoms with Crippen molar-refractivity contribution in [1.82, 2.24) is 4.98 Å². The quantitative estimate of drug-likeness (QED) is 0.850. The summed E-state index contributed by atoms with van der Waals surface area (Å²) in [7, 11) is 0. The molecule has 0 bridgehead atoms. The summed E-state index contributed by atoms with van der Waals surface area (Å²) < 4.78 is 0. The second-order valence-electron chi connectivity index (χ2n) is 4.73. The van der Waals surface area contributed by atoms with Crippen molar-refractivity contribution in [3.8, 4) is 0 Å². The van der Waals surface area contributed by atoms with Crippen molar-refractivity contribution in [1.29, 1.82) is 0 Å². The lowest BCUT2D eigenvalue weighted by Crippen LogP contribution is -2.26. The van der Waals surface area contributed by atoms with Crippen LogP contribution in [0, 0.1) is 0 Å². The van der Waals surface area contributed by atoms with Gasteiger partial charge in [0.25, 0.3) is 0 Å². The Balaban J connectivity index is 2.28. The van der Waals surface area contributed by atoms with E-state index < -0.39 is 5.60 Å². The predicted octanol–water partition coefficient (Wildman–Crippen LogP) is 3.69. The van der Waals surface area contributed by atoms with Gasteiger partial charge in [-0.3, -0.25) is 0 Å². The van der Waals surface area contributed by atoms with Gasteiger partial charge in [-0.15, -0.1) is 0 Å². The van der Waals surface area contributed by atoms with Gasteiger partial charge >= 0.3 is 0 Å². The first-order valence-corrected chi connectivity index (χ1v) is 6.80. The number of aliphatic hydroxyl groups is 1. The minimum Gasteiger partial charge on any atom is -0.389 e. The lowest BCUT2D eigenvalue weighted by atomic mass is 9.98. The third-order valence-corrected chi connectivity index (χ3v) is 4.19. The Kier molecular flexibility index (Phi) is 4.04. The number of hydrogen-bond donors (Lipinski definition) is 1. The zero-order valence-corrected chi connectivity index (χ0v) is 11.4. The van der Waals surface area contributed by atoms with Gasteiger partial charge in [-0.2, -0.15) is 0 Å². The number of thioether (sulfide) groups is 1. The largest absolute Gasteiger partial charge is 0.389 e. The number of hydrogen-bond acceptors (Lipinski definition) is 3. The van der Waals surface area contributed by atoms with E-state index in [2.05, 4.69) is 4.98 Å². The zero-order valence-electron chi connectivity index (χ0n) is 10.6. The van der Waals surface area contributed by atoms with E-state index in [1.807, 2.05) is 62.4 Å². The maximum atomic E-state index is 10.3. The number of nitrogens with zero attached hydrogens (tertiary/aromatic N) is 1. The maximum Gasteiger partial charge on any atom is 0.0966 e. The Labute approximate surface area is 112 Å². The molecule has 0 aliphatic rings. The van der Waals surface area contributed by atoms with E-state index in [-0.39, 0.29) is 5.25 Å². The average molecular weight is 259 g/mol. The summed E-state index contributed by atoms with van der Waals surface area (Å²) in [4.78, 5) is 4.31.